The lowest BCUT2D eigenvalue weighted by molar-refractivity contribution is 0.0646. The second kappa shape index (κ2) is 11.9. The SMILES string of the molecule is Cc1ncnc(C)c1C(=O)N1C[C@H]2CN(CCC(c3cc(F)cc(F)c3)C3CCN(CC(F)F)CC3)C[C@H]2C1. The molecule has 1 aromatic carbocycles. The predicted octanol–water partition coefficient (Wildman–Crippen LogP) is 4.53. The van der Waals surface area contributed by atoms with Gasteiger partial charge < -0.3 is 9.80 Å². The molecular weight excluding hydrogens is 510 g/mol. The third-order valence-electron chi connectivity index (χ3n) is 8.96. The highest BCUT2D eigenvalue weighted by molar-refractivity contribution is 5.96. The minimum atomic E-state index is -2.36. The van der Waals surface area contributed by atoms with Crippen molar-refractivity contribution in [3.8, 4) is 0 Å². The summed E-state index contributed by atoms with van der Waals surface area (Å²) in [6.07, 6.45) is 1.35. The Hall–Kier alpha value is -2.59. The summed E-state index contributed by atoms with van der Waals surface area (Å²) < 4.78 is 54.0. The number of alkyl halides is 2. The third-order valence-corrected chi connectivity index (χ3v) is 8.96. The van der Waals surface area contributed by atoms with Crippen LogP contribution in [-0.2, 0) is 0 Å². The van der Waals surface area contributed by atoms with Crippen molar-refractivity contribution in [3.63, 3.8) is 0 Å². The number of hydrogen-bond acceptors (Lipinski definition) is 5. The summed E-state index contributed by atoms with van der Waals surface area (Å²) in [6.45, 7) is 8.57. The Kier molecular flexibility index (Phi) is 8.52. The molecule has 10 heteroatoms. The molecule has 0 bridgehead atoms. The fourth-order valence-electron chi connectivity index (χ4n) is 7.02. The van der Waals surface area contributed by atoms with Gasteiger partial charge in [-0.05, 0) is 94.1 Å². The lowest BCUT2D eigenvalue weighted by Gasteiger charge is -2.37. The van der Waals surface area contributed by atoms with Gasteiger partial charge in [0.25, 0.3) is 12.3 Å². The number of aryl methyl sites for hydroxylation is 2. The quantitative estimate of drug-likeness (QED) is 0.455. The molecule has 3 saturated heterocycles. The smallest absolute Gasteiger partial charge is 0.257 e. The first-order valence-electron chi connectivity index (χ1n) is 13.9. The molecule has 0 N–H and O–H groups in total. The molecule has 1 aromatic heterocycles. The molecule has 0 saturated carbocycles. The molecule has 39 heavy (non-hydrogen) atoms. The van der Waals surface area contributed by atoms with Crippen LogP contribution < -0.4 is 0 Å². The Morgan fingerprint density at radius 3 is 2.08 bits per heavy atom. The first-order valence-corrected chi connectivity index (χ1v) is 13.9. The third kappa shape index (κ3) is 6.43. The minimum absolute atomic E-state index is 0.00192. The number of benzene rings is 1. The maximum atomic E-state index is 14.2. The summed E-state index contributed by atoms with van der Waals surface area (Å²) in [6, 6.07) is 3.75. The highest BCUT2D eigenvalue weighted by Crippen LogP contribution is 2.38. The van der Waals surface area contributed by atoms with E-state index in [0.29, 0.717) is 60.5 Å². The summed E-state index contributed by atoms with van der Waals surface area (Å²) in [5.41, 5.74) is 2.66. The van der Waals surface area contributed by atoms with Crippen molar-refractivity contribution < 1.29 is 22.4 Å². The number of carbonyl (C=O) groups excluding carboxylic acids is 1. The number of nitrogens with zero attached hydrogens (tertiary/aromatic N) is 5. The molecule has 1 unspecified atom stereocenters. The lowest BCUT2D eigenvalue weighted by Crippen LogP contribution is -2.39. The molecule has 3 aliphatic heterocycles. The molecule has 0 aliphatic carbocycles. The Morgan fingerprint density at radius 2 is 1.51 bits per heavy atom. The molecule has 5 rings (SSSR count). The molecule has 212 valence electrons. The van der Waals surface area contributed by atoms with Gasteiger partial charge in [-0.15, -0.1) is 0 Å². The zero-order valence-corrected chi connectivity index (χ0v) is 22.6. The molecule has 3 fully saturated rings. The number of amides is 1. The highest BCUT2D eigenvalue weighted by atomic mass is 19.3. The number of halogens is 4. The fraction of sp³-hybridized carbons (Fsp3) is 0.621. The standard InChI is InChI=1S/C29H37F4N5O/c1-18-28(19(2)35-17-34-18)29(39)38-14-22-12-37(13-23(22)15-38)8-5-26(21-9-24(30)11-25(31)10-21)20-3-6-36(7-4-20)16-27(32)33/h9-11,17,20,22-23,26-27H,3-8,12-16H2,1-2H3/t22-,23+,26?. The Morgan fingerprint density at radius 1 is 0.923 bits per heavy atom. The van der Waals surface area contributed by atoms with Crippen LogP contribution in [0.4, 0.5) is 17.6 Å². The molecule has 1 amide bonds. The predicted molar refractivity (Wildman–Crippen MR) is 140 cm³/mol. The Bertz CT molecular complexity index is 1120. The first kappa shape index (κ1) is 28.0. The molecule has 6 nitrogen and oxygen atoms in total. The highest BCUT2D eigenvalue weighted by Gasteiger charge is 2.42. The van der Waals surface area contributed by atoms with Gasteiger partial charge in [0.05, 0.1) is 23.5 Å². The van der Waals surface area contributed by atoms with E-state index in [2.05, 4.69) is 14.9 Å². The maximum absolute atomic E-state index is 14.2. The summed E-state index contributed by atoms with van der Waals surface area (Å²) >= 11 is 0. The number of fused-ring (bicyclic) bond motifs is 1. The van der Waals surface area contributed by atoms with Crippen molar-refractivity contribution >= 4 is 5.91 Å². The van der Waals surface area contributed by atoms with E-state index in [0.717, 1.165) is 45.0 Å². The topological polar surface area (TPSA) is 52.6 Å². The molecule has 0 spiro atoms. The van der Waals surface area contributed by atoms with Crippen LogP contribution in [0.15, 0.2) is 24.5 Å². The second-order valence-corrected chi connectivity index (χ2v) is 11.5. The van der Waals surface area contributed by atoms with E-state index in [1.165, 1.54) is 18.5 Å². The largest absolute Gasteiger partial charge is 0.338 e. The summed E-state index contributed by atoms with van der Waals surface area (Å²) in [5, 5.41) is 0. The molecule has 3 aliphatic rings. The van der Waals surface area contributed by atoms with Crippen molar-refractivity contribution in [2.75, 3.05) is 52.4 Å². The number of carbonyl (C=O) groups is 1. The van der Waals surface area contributed by atoms with Gasteiger partial charge in [-0.25, -0.2) is 27.5 Å². The van der Waals surface area contributed by atoms with Crippen LogP contribution in [0.5, 0.6) is 0 Å². The summed E-state index contributed by atoms with van der Waals surface area (Å²) in [5.74, 6) is -0.234. The van der Waals surface area contributed by atoms with Gasteiger partial charge in [0.1, 0.15) is 18.0 Å². The van der Waals surface area contributed by atoms with Crippen LogP contribution in [0.2, 0.25) is 0 Å². The van der Waals surface area contributed by atoms with Crippen LogP contribution in [0.25, 0.3) is 0 Å². The minimum Gasteiger partial charge on any atom is -0.338 e. The first-order chi connectivity index (χ1) is 18.7. The number of aromatic nitrogens is 2. The average Bonchev–Trinajstić information content (AvgIpc) is 3.43. The van der Waals surface area contributed by atoms with Crippen LogP contribution in [0.3, 0.4) is 0 Å². The number of likely N-dealkylation sites (tertiary alicyclic amines) is 3. The van der Waals surface area contributed by atoms with Crippen molar-refractivity contribution in [1.29, 1.82) is 0 Å². The van der Waals surface area contributed by atoms with Gasteiger partial charge in [0.15, 0.2) is 0 Å². The van der Waals surface area contributed by atoms with Gasteiger partial charge in [-0.3, -0.25) is 9.69 Å². The Balaban J connectivity index is 1.20. The number of rotatable bonds is 8. The van der Waals surface area contributed by atoms with E-state index in [9.17, 15) is 22.4 Å². The maximum Gasteiger partial charge on any atom is 0.257 e. The normalized spacial score (nSPS) is 23.5. The lowest BCUT2D eigenvalue weighted by atomic mass is 9.78. The van der Waals surface area contributed by atoms with E-state index in [-0.39, 0.29) is 24.3 Å². The van der Waals surface area contributed by atoms with Gasteiger partial charge in [-0.1, -0.05) is 0 Å². The number of piperidine rings is 1. The average molecular weight is 548 g/mol. The number of hydrogen-bond donors (Lipinski definition) is 0. The van der Waals surface area contributed by atoms with Crippen LogP contribution in [0.1, 0.15) is 52.5 Å². The molecule has 3 atom stereocenters. The van der Waals surface area contributed by atoms with Gasteiger partial charge in [0, 0.05) is 32.2 Å². The van der Waals surface area contributed by atoms with Crippen molar-refractivity contribution in [3.05, 3.63) is 58.7 Å². The van der Waals surface area contributed by atoms with Gasteiger partial charge in [0.2, 0.25) is 0 Å². The zero-order chi connectivity index (χ0) is 27.7. The second-order valence-electron chi connectivity index (χ2n) is 11.5. The van der Waals surface area contributed by atoms with Gasteiger partial charge in [-0.2, -0.15) is 0 Å². The van der Waals surface area contributed by atoms with Crippen molar-refractivity contribution in [1.82, 2.24) is 24.7 Å². The molecule has 4 heterocycles. The van der Waals surface area contributed by atoms with Crippen LogP contribution >= 0.6 is 0 Å². The fourth-order valence-corrected chi connectivity index (χ4v) is 7.02. The van der Waals surface area contributed by atoms with E-state index >= 15 is 0 Å². The van der Waals surface area contributed by atoms with E-state index in [1.807, 2.05) is 18.7 Å². The molecular formula is C29H37F4N5O. The van der Waals surface area contributed by atoms with Crippen molar-refractivity contribution in [2.45, 2.75) is 45.5 Å². The summed E-state index contributed by atoms with van der Waals surface area (Å²) in [7, 11) is 0. The van der Waals surface area contributed by atoms with Crippen molar-refractivity contribution in [2.24, 2.45) is 17.8 Å². The van der Waals surface area contributed by atoms with Gasteiger partial charge >= 0.3 is 0 Å². The van der Waals surface area contributed by atoms with E-state index in [4.69, 9.17) is 0 Å². The van der Waals surface area contributed by atoms with E-state index < -0.39 is 18.1 Å². The van der Waals surface area contributed by atoms with E-state index in [1.54, 1.807) is 4.90 Å². The van der Waals surface area contributed by atoms with Crippen LogP contribution in [-0.4, -0.2) is 89.4 Å². The molecule has 0 radical (unpaired) electrons. The molecule has 2 aromatic rings. The summed E-state index contributed by atoms with van der Waals surface area (Å²) in [4.78, 5) is 27.7. The zero-order valence-electron chi connectivity index (χ0n) is 22.6. The monoisotopic (exact) mass is 547 g/mol. The Labute approximate surface area is 227 Å². The van der Waals surface area contributed by atoms with Crippen LogP contribution in [0, 0.1) is 43.2 Å².